The fourth-order valence-corrected chi connectivity index (χ4v) is 3.33. The lowest BCUT2D eigenvalue weighted by Gasteiger charge is -2.40. The molecule has 1 aromatic carbocycles. The number of halogens is 1. The van der Waals surface area contributed by atoms with E-state index in [-0.39, 0.29) is 36.1 Å². The molecule has 8 heteroatoms. The average molecular weight is 390 g/mol. The number of rotatable bonds is 6. The van der Waals surface area contributed by atoms with Crippen molar-refractivity contribution in [2.24, 2.45) is 5.10 Å². The molecule has 0 radical (unpaired) electrons. The topological polar surface area (TPSA) is 74.2 Å². The number of benzene rings is 1. The Morgan fingerprint density at radius 2 is 1.89 bits per heavy atom. The molecular weight excluding hydrogens is 363 g/mol. The van der Waals surface area contributed by atoms with Crippen LogP contribution in [0.25, 0.3) is 0 Å². The van der Waals surface area contributed by atoms with Crippen LogP contribution in [0.4, 0.5) is 4.39 Å². The van der Waals surface area contributed by atoms with Crippen LogP contribution in [-0.2, 0) is 20.9 Å². The Morgan fingerprint density at radius 1 is 1.21 bits per heavy atom. The standard InChI is InChI=1S/C20H27FN4O3/c1-20(2,24-9-11-28-12-10-24)14-22-19(27)17-7-8-18(26)25(23-17)13-15-3-5-16(21)6-4-15/h3-6H,7-14H2,1-2H3,(H,22,27). The summed E-state index contributed by atoms with van der Waals surface area (Å²) in [5.41, 5.74) is 0.909. The van der Waals surface area contributed by atoms with Gasteiger partial charge in [0.2, 0.25) is 5.91 Å². The van der Waals surface area contributed by atoms with E-state index < -0.39 is 0 Å². The van der Waals surface area contributed by atoms with Gasteiger partial charge in [0.05, 0.1) is 19.8 Å². The first-order chi connectivity index (χ1) is 13.3. The van der Waals surface area contributed by atoms with Crippen molar-refractivity contribution in [1.82, 2.24) is 15.2 Å². The molecule has 1 saturated heterocycles. The molecule has 0 aromatic heterocycles. The maximum Gasteiger partial charge on any atom is 0.267 e. The predicted octanol–water partition coefficient (Wildman–Crippen LogP) is 1.53. The van der Waals surface area contributed by atoms with Gasteiger partial charge in [-0.2, -0.15) is 5.10 Å². The van der Waals surface area contributed by atoms with Crippen LogP contribution in [0.15, 0.2) is 29.4 Å². The first-order valence-electron chi connectivity index (χ1n) is 9.58. The third kappa shape index (κ3) is 5.14. The number of ether oxygens (including phenoxy) is 1. The van der Waals surface area contributed by atoms with Crippen LogP contribution >= 0.6 is 0 Å². The van der Waals surface area contributed by atoms with Crippen molar-refractivity contribution < 1.29 is 18.7 Å². The van der Waals surface area contributed by atoms with Crippen LogP contribution < -0.4 is 5.32 Å². The van der Waals surface area contributed by atoms with E-state index in [1.165, 1.54) is 17.1 Å². The van der Waals surface area contributed by atoms with Gasteiger partial charge >= 0.3 is 0 Å². The van der Waals surface area contributed by atoms with Crippen LogP contribution in [0.5, 0.6) is 0 Å². The minimum absolute atomic E-state index is 0.144. The lowest BCUT2D eigenvalue weighted by atomic mass is 10.0. The van der Waals surface area contributed by atoms with Gasteiger partial charge in [-0.25, -0.2) is 9.40 Å². The van der Waals surface area contributed by atoms with E-state index in [2.05, 4.69) is 29.2 Å². The zero-order valence-corrected chi connectivity index (χ0v) is 16.4. The summed E-state index contributed by atoms with van der Waals surface area (Å²) in [6.45, 7) is 7.95. The van der Waals surface area contributed by atoms with E-state index in [0.717, 1.165) is 18.7 Å². The fourth-order valence-electron chi connectivity index (χ4n) is 3.33. The molecule has 2 amide bonds. The molecule has 1 aromatic rings. The molecule has 28 heavy (non-hydrogen) atoms. The zero-order valence-electron chi connectivity index (χ0n) is 16.4. The normalized spacial score (nSPS) is 18.8. The maximum absolute atomic E-state index is 13.1. The number of morpholine rings is 1. The molecule has 7 nitrogen and oxygen atoms in total. The van der Waals surface area contributed by atoms with Crippen LogP contribution in [0.1, 0.15) is 32.3 Å². The smallest absolute Gasteiger partial charge is 0.267 e. The van der Waals surface area contributed by atoms with Crippen molar-refractivity contribution >= 4 is 17.5 Å². The molecule has 1 fully saturated rings. The zero-order chi connectivity index (χ0) is 20.1. The van der Waals surface area contributed by atoms with E-state index in [0.29, 0.717) is 31.9 Å². The molecule has 0 unspecified atom stereocenters. The summed E-state index contributed by atoms with van der Waals surface area (Å²) >= 11 is 0. The summed E-state index contributed by atoms with van der Waals surface area (Å²) in [6, 6.07) is 5.90. The number of nitrogens with one attached hydrogen (secondary N) is 1. The Balaban J connectivity index is 1.60. The van der Waals surface area contributed by atoms with Gasteiger partial charge in [0.25, 0.3) is 5.91 Å². The molecule has 2 aliphatic rings. The first-order valence-corrected chi connectivity index (χ1v) is 9.58. The molecule has 1 N–H and O–H groups in total. The van der Waals surface area contributed by atoms with Crippen LogP contribution in [0.3, 0.4) is 0 Å². The molecule has 2 aliphatic heterocycles. The maximum atomic E-state index is 13.1. The monoisotopic (exact) mass is 390 g/mol. The minimum Gasteiger partial charge on any atom is -0.379 e. The Hall–Kier alpha value is -2.32. The van der Waals surface area contributed by atoms with E-state index in [1.807, 2.05) is 0 Å². The Morgan fingerprint density at radius 3 is 2.57 bits per heavy atom. The van der Waals surface area contributed by atoms with E-state index in [4.69, 9.17) is 4.74 Å². The van der Waals surface area contributed by atoms with Gasteiger partial charge in [-0.05, 0) is 31.5 Å². The van der Waals surface area contributed by atoms with Crippen molar-refractivity contribution in [1.29, 1.82) is 0 Å². The minimum atomic E-state index is -0.333. The second-order valence-corrected chi connectivity index (χ2v) is 7.72. The van der Waals surface area contributed by atoms with Gasteiger partial charge in [0.1, 0.15) is 11.5 Å². The van der Waals surface area contributed by atoms with Crippen LogP contribution in [0, 0.1) is 5.82 Å². The first kappa shape index (κ1) is 20.4. The fraction of sp³-hybridized carbons (Fsp3) is 0.550. The molecule has 0 bridgehead atoms. The summed E-state index contributed by atoms with van der Waals surface area (Å²) in [4.78, 5) is 27.1. The summed E-state index contributed by atoms with van der Waals surface area (Å²) in [6.07, 6.45) is 0.558. The molecule has 0 atom stereocenters. The molecule has 0 aliphatic carbocycles. The molecule has 3 rings (SSSR count). The van der Waals surface area contributed by atoms with Crippen LogP contribution in [-0.4, -0.2) is 65.8 Å². The van der Waals surface area contributed by atoms with Crippen molar-refractivity contribution in [2.75, 3.05) is 32.8 Å². The number of amides is 2. The lowest BCUT2D eigenvalue weighted by molar-refractivity contribution is -0.132. The van der Waals surface area contributed by atoms with Gasteiger partial charge in [-0.1, -0.05) is 12.1 Å². The predicted molar refractivity (Wildman–Crippen MR) is 103 cm³/mol. The van der Waals surface area contributed by atoms with E-state index in [1.54, 1.807) is 12.1 Å². The second-order valence-electron chi connectivity index (χ2n) is 7.72. The summed E-state index contributed by atoms with van der Waals surface area (Å²) in [7, 11) is 0. The Bertz CT molecular complexity index is 742. The highest BCUT2D eigenvalue weighted by molar-refractivity contribution is 6.39. The van der Waals surface area contributed by atoms with Crippen molar-refractivity contribution in [3.63, 3.8) is 0 Å². The van der Waals surface area contributed by atoms with E-state index >= 15 is 0 Å². The van der Waals surface area contributed by atoms with Gasteiger partial charge in [0, 0.05) is 38.0 Å². The number of nitrogens with zero attached hydrogens (tertiary/aromatic N) is 3. The number of carbonyl (C=O) groups is 2. The van der Waals surface area contributed by atoms with Crippen LogP contribution in [0.2, 0.25) is 0 Å². The lowest BCUT2D eigenvalue weighted by Crippen LogP contribution is -2.56. The quantitative estimate of drug-likeness (QED) is 0.800. The van der Waals surface area contributed by atoms with E-state index in [9.17, 15) is 14.0 Å². The molecule has 152 valence electrons. The van der Waals surface area contributed by atoms with Crippen molar-refractivity contribution in [3.05, 3.63) is 35.6 Å². The molecule has 2 heterocycles. The Labute approximate surface area is 164 Å². The van der Waals surface area contributed by atoms with Gasteiger partial charge in [0.15, 0.2) is 0 Å². The molecule has 0 saturated carbocycles. The van der Waals surface area contributed by atoms with Crippen molar-refractivity contribution in [3.8, 4) is 0 Å². The number of hydrogen-bond acceptors (Lipinski definition) is 5. The van der Waals surface area contributed by atoms with Gasteiger partial charge in [-0.15, -0.1) is 0 Å². The van der Waals surface area contributed by atoms with Gasteiger partial charge in [-0.3, -0.25) is 14.5 Å². The molecular formula is C20H27FN4O3. The number of carbonyl (C=O) groups excluding carboxylic acids is 2. The highest BCUT2D eigenvalue weighted by atomic mass is 19.1. The van der Waals surface area contributed by atoms with Gasteiger partial charge < -0.3 is 10.1 Å². The summed E-state index contributed by atoms with van der Waals surface area (Å²) in [5, 5.41) is 8.50. The number of hydrogen-bond donors (Lipinski definition) is 1. The average Bonchev–Trinajstić information content (AvgIpc) is 2.70. The Kier molecular flexibility index (Phi) is 6.41. The highest BCUT2D eigenvalue weighted by Crippen LogP contribution is 2.17. The highest BCUT2D eigenvalue weighted by Gasteiger charge is 2.30. The second kappa shape index (κ2) is 8.79. The third-order valence-corrected chi connectivity index (χ3v) is 5.16. The third-order valence-electron chi connectivity index (χ3n) is 5.16. The largest absolute Gasteiger partial charge is 0.379 e. The summed E-state index contributed by atoms with van der Waals surface area (Å²) in [5.74, 6) is -0.729. The SMILES string of the molecule is CC(C)(CNC(=O)C1=NN(Cc2ccc(F)cc2)C(=O)CC1)N1CCOCC1. The number of hydrazone groups is 1. The molecule has 0 spiro atoms. The van der Waals surface area contributed by atoms with Crippen molar-refractivity contribution in [2.45, 2.75) is 38.8 Å². The summed E-state index contributed by atoms with van der Waals surface area (Å²) < 4.78 is 18.4.